The smallest absolute Gasteiger partial charge is 0.119 e. The van der Waals surface area contributed by atoms with Crippen molar-refractivity contribution in [3.63, 3.8) is 0 Å². The van der Waals surface area contributed by atoms with Gasteiger partial charge in [0, 0.05) is 6.42 Å². The topological polar surface area (TPSA) is 33.0 Å². The first-order valence-electron chi connectivity index (χ1n) is 9.65. The van der Waals surface area contributed by atoms with Crippen LogP contribution in [0, 0.1) is 24.2 Å². The standard InChI is InChI=1S/C10H14O.C7H13N.C3H8.C2H6/c1-3-8-11-10-6-4-9(2)5-7-10;1-3-7(4-2)5-6-8;1-3-2;1-2/h4-7H,3,8H2,1-2H3;7H,3-5H2,1-2H3;3H2,1-2H3;1-2H3. The Morgan fingerprint density at radius 1 is 0.958 bits per heavy atom. The van der Waals surface area contributed by atoms with Crippen LogP contribution in [0.2, 0.25) is 0 Å². The summed E-state index contributed by atoms with van der Waals surface area (Å²) < 4.78 is 5.41. The molecule has 0 aliphatic rings. The predicted octanol–water partition coefficient (Wildman–Crippen LogP) is 7.56. The van der Waals surface area contributed by atoms with E-state index >= 15 is 0 Å². The van der Waals surface area contributed by atoms with Crippen molar-refractivity contribution in [2.24, 2.45) is 5.92 Å². The Balaban J connectivity index is -0.000000299. The molecule has 0 saturated heterocycles. The van der Waals surface area contributed by atoms with Crippen LogP contribution < -0.4 is 4.74 Å². The third-order valence-corrected chi connectivity index (χ3v) is 3.03. The summed E-state index contributed by atoms with van der Waals surface area (Å²) in [7, 11) is 0. The summed E-state index contributed by atoms with van der Waals surface area (Å²) in [4.78, 5) is 0. The molecule has 24 heavy (non-hydrogen) atoms. The van der Waals surface area contributed by atoms with Gasteiger partial charge in [0.05, 0.1) is 12.7 Å². The van der Waals surface area contributed by atoms with E-state index in [4.69, 9.17) is 10.00 Å². The van der Waals surface area contributed by atoms with Crippen molar-refractivity contribution >= 4 is 0 Å². The summed E-state index contributed by atoms with van der Waals surface area (Å²) in [6.45, 7) is 17.5. The molecule has 0 amide bonds. The minimum atomic E-state index is 0.639. The maximum Gasteiger partial charge on any atom is 0.119 e. The van der Waals surface area contributed by atoms with E-state index < -0.39 is 0 Å². The summed E-state index contributed by atoms with van der Waals surface area (Å²) in [6, 6.07) is 10.3. The van der Waals surface area contributed by atoms with Gasteiger partial charge in [-0.05, 0) is 31.4 Å². The lowest BCUT2D eigenvalue weighted by molar-refractivity contribution is 0.317. The zero-order chi connectivity index (χ0) is 19.2. The van der Waals surface area contributed by atoms with Crippen LogP contribution in [0.25, 0.3) is 0 Å². The molecule has 140 valence electrons. The Morgan fingerprint density at radius 2 is 1.42 bits per heavy atom. The van der Waals surface area contributed by atoms with Gasteiger partial charge in [0.25, 0.3) is 0 Å². The highest BCUT2D eigenvalue weighted by atomic mass is 16.5. The van der Waals surface area contributed by atoms with Gasteiger partial charge in [-0.1, -0.05) is 85.4 Å². The van der Waals surface area contributed by atoms with Gasteiger partial charge < -0.3 is 4.74 Å². The monoisotopic (exact) mass is 335 g/mol. The molecule has 1 aromatic carbocycles. The number of ether oxygens (including phenoxy) is 1. The lowest BCUT2D eigenvalue weighted by Gasteiger charge is -2.03. The third kappa shape index (κ3) is 20.5. The van der Waals surface area contributed by atoms with Crippen molar-refractivity contribution in [2.75, 3.05) is 6.61 Å². The average molecular weight is 336 g/mol. The molecule has 0 radical (unpaired) electrons. The number of hydrogen-bond acceptors (Lipinski definition) is 2. The number of hydrogen-bond donors (Lipinski definition) is 0. The van der Waals surface area contributed by atoms with E-state index in [1.54, 1.807) is 0 Å². The Bertz CT molecular complexity index is 361. The van der Waals surface area contributed by atoms with Crippen molar-refractivity contribution in [2.45, 2.75) is 87.5 Å². The van der Waals surface area contributed by atoms with Crippen LogP contribution in [0.3, 0.4) is 0 Å². The van der Waals surface area contributed by atoms with Crippen LogP contribution in [0.5, 0.6) is 5.75 Å². The Kier molecular flexibility index (Phi) is 27.1. The van der Waals surface area contributed by atoms with Crippen LogP contribution in [0.1, 0.15) is 86.1 Å². The Hall–Kier alpha value is -1.49. The number of rotatable bonds is 6. The second kappa shape index (κ2) is 23.8. The van der Waals surface area contributed by atoms with Crippen molar-refractivity contribution in [3.8, 4) is 11.8 Å². The van der Waals surface area contributed by atoms with Gasteiger partial charge in [-0.15, -0.1) is 0 Å². The molecule has 0 bridgehead atoms. The van der Waals surface area contributed by atoms with E-state index in [-0.39, 0.29) is 0 Å². The van der Waals surface area contributed by atoms with Gasteiger partial charge >= 0.3 is 0 Å². The molecular formula is C22H41NO. The normalized spacial score (nSPS) is 8.50. The molecular weight excluding hydrogens is 294 g/mol. The molecule has 0 aromatic heterocycles. The van der Waals surface area contributed by atoms with Gasteiger partial charge in [0.1, 0.15) is 5.75 Å². The van der Waals surface area contributed by atoms with Crippen molar-refractivity contribution in [1.29, 1.82) is 5.26 Å². The highest BCUT2D eigenvalue weighted by Crippen LogP contribution is 2.11. The Morgan fingerprint density at radius 3 is 1.71 bits per heavy atom. The average Bonchev–Trinajstić information content (AvgIpc) is 2.62. The van der Waals surface area contributed by atoms with Crippen molar-refractivity contribution in [3.05, 3.63) is 29.8 Å². The molecule has 0 atom stereocenters. The van der Waals surface area contributed by atoms with E-state index in [1.807, 2.05) is 26.0 Å². The van der Waals surface area contributed by atoms with E-state index in [1.165, 1.54) is 12.0 Å². The molecule has 0 saturated carbocycles. The summed E-state index contributed by atoms with van der Waals surface area (Å²) in [5, 5.41) is 8.25. The van der Waals surface area contributed by atoms with Crippen LogP contribution in [-0.2, 0) is 0 Å². The van der Waals surface area contributed by atoms with Gasteiger partial charge in [-0.3, -0.25) is 0 Å². The number of benzene rings is 1. The molecule has 0 aliphatic carbocycles. The summed E-state index contributed by atoms with van der Waals surface area (Å²) in [5.74, 6) is 1.61. The van der Waals surface area contributed by atoms with Crippen molar-refractivity contribution in [1.82, 2.24) is 0 Å². The molecule has 1 aromatic rings. The first-order chi connectivity index (χ1) is 11.6. The first kappa shape index (κ1) is 27.4. The van der Waals surface area contributed by atoms with Crippen LogP contribution in [0.4, 0.5) is 0 Å². The zero-order valence-corrected chi connectivity index (χ0v) is 17.5. The summed E-state index contributed by atoms with van der Waals surface area (Å²) in [5.41, 5.74) is 1.27. The first-order valence-corrected chi connectivity index (χ1v) is 9.65. The lowest BCUT2D eigenvalue weighted by atomic mass is 10.0. The SMILES string of the molecule is CC.CCC.CCC(CC)CC#N.CCCOc1ccc(C)cc1. The second-order valence-electron chi connectivity index (χ2n) is 5.41. The molecule has 2 nitrogen and oxygen atoms in total. The molecule has 0 fully saturated rings. The maximum absolute atomic E-state index is 8.25. The van der Waals surface area contributed by atoms with Gasteiger partial charge in [-0.25, -0.2) is 0 Å². The largest absolute Gasteiger partial charge is 0.494 e. The van der Waals surface area contributed by atoms with Crippen molar-refractivity contribution < 1.29 is 4.74 Å². The predicted molar refractivity (Wildman–Crippen MR) is 109 cm³/mol. The molecule has 0 unspecified atom stereocenters. The highest BCUT2D eigenvalue weighted by Gasteiger charge is 1.99. The van der Waals surface area contributed by atoms with Crippen LogP contribution in [0.15, 0.2) is 24.3 Å². The highest BCUT2D eigenvalue weighted by molar-refractivity contribution is 5.26. The molecule has 0 heterocycles. The van der Waals surface area contributed by atoms with Gasteiger partial charge in [-0.2, -0.15) is 5.26 Å². The second-order valence-corrected chi connectivity index (χ2v) is 5.41. The summed E-state index contributed by atoms with van der Waals surface area (Å²) >= 11 is 0. The molecule has 0 aliphatic heterocycles. The van der Waals surface area contributed by atoms with E-state index in [9.17, 15) is 0 Å². The molecule has 1 rings (SSSR count). The summed E-state index contributed by atoms with van der Waals surface area (Å²) in [6.07, 6.45) is 5.33. The minimum absolute atomic E-state index is 0.639. The minimum Gasteiger partial charge on any atom is -0.494 e. The number of aryl methyl sites for hydroxylation is 1. The van der Waals surface area contributed by atoms with Crippen LogP contribution in [-0.4, -0.2) is 6.61 Å². The number of nitrogens with zero attached hydrogens (tertiary/aromatic N) is 1. The third-order valence-electron chi connectivity index (χ3n) is 3.03. The van der Waals surface area contributed by atoms with E-state index in [0.29, 0.717) is 5.92 Å². The van der Waals surface area contributed by atoms with Gasteiger partial charge in [0.15, 0.2) is 0 Å². The fraction of sp³-hybridized carbons (Fsp3) is 0.682. The molecule has 2 heteroatoms. The fourth-order valence-electron chi connectivity index (χ4n) is 1.56. The molecule has 0 spiro atoms. The fourth-order valence-corrected chi connectivity index (χ4v) is 1.56. The lowest BCUT2D eigenvalue weighted by Crippen LogP contribution is -1.94. The van der Waals surface area contributed by atoms with E-state index in [0.717, 1.165) is 38.0 Å². The zero-order valence-electron chi connectivity index (χ0n) is 17.5. The van der Waals surface area contributed by atoms with Gasteiger partial charge in [0.2, 0.25) is 0 Å². The Labute approximate surface area is 152 Å². The maximum atomic E-state index is 8.25. The molecule has 0 N–H and O–H groups in total. The van der Waals surface area contributed by atoms with E-state index in [2.05, 4.69) is 59.7 Å². The quantitative estimate of drug-likeness (QED) is 0.537. The van der Waals surface area contributed by atoms with Crippen LogP contribution >= 0.6 is 0 Å². The number of nitriles is 1.